The Kier molecular flexibility index (Phi) is 7.44. The predicted molar refractivity (Wildman–Crippen MR) is 82.9 cm³/mol. The highest BCUT2D eigenvalue weighted by Gasteiger charge is 2.14. The van der Waals surface area contributed by atoms with Gasteiger partial charge in [0.1, 0.15) is 12.3 Å². The first-order chi connectivity index (χ1) is 10.1. The van der Waals surface area contributed by atoms with Crippen molar-refractivity contribution < 1.29 is 9.90 Å². The molecule has 0 unspecified atom stereocenters. The van der Waals surface area contributed by atoms with E-state index >= 15 is 0 Å². The third-order valence-electron chi connectivity index (χ3n) is 3.00. The lowest BCUT2D eigenvalue weighted by Gasteiger charge is -2.21. The topological polar surface area (TPSA) is 56.7 Å². The second kappa shape index (κ2) is 9.11. The molecule has 1 heterocycles. The maximum atomic E-state index is 12.4. The van der Waals surface area contributed by atoms with Gasteiger partial charge >= 0.3 is 0 Å². The standard InChI is InChI=1S/C16H23N3O2/c1-4-19(11-6-10-18(2)3)16(21)15-9-8-14(13-17-15)7-5-12-20/h8-9,13,20H,4,6,10-12H2,1-3H3. The van der Waals surface area contributed by atoms with Crippen LogP contribution in [0.5, 0.6) is 0 Å². The maximum Gasteiger partial charge on any atom is 0.272 e. The van der Waals surface area contributed by atoms with Gasteiger partial charge in [-0.15, -0.1) is 0 Å². The molecule has 5 nitrogen and oxygen atoms in total. The lowest BCUT2D eigenvalue weighted by molar-refractivity contribution is 0.0753. The van der Waals surface area contributed by atoms with Crippen LogP contribution in [0.15, 0.2) is 18.3 Å². The molecule has 0 saturated carbocycles. The van der Waals surface area contributed by atoms with E-state index in [0.29, 0.717) is 17.8 Å². The molecule has 0 aliphatic heterocycles. The average molecular weight is 289 g/mol. The van der Waals surface area contributed by atoms with Crippen LogP contribution in [-0.4, -0.2) is 66.1 Å². The van der Waals surface area contributed by atoms with E-state index in [2.05, 4.69) is 21.7 Å². The van der Waals surface area contributed by atoms with Crippen LogP contribution in [0.4, 0.5) is 0 Å². The molecule has 21 heavy (non-hydrogen) atoms. The van der Waals surface area contributed by atoms with E-state index in [1.54, 1.807) is 23.2 Å². The van der Waals surface area contributed by atoms with E-state index in [4.69, 9.17) is 5.11 Å². The summed E-state index contributed by atoms with van der Waals surface area (Å²) in [5.41, 5.74) is 1.12. The fraction of sp³-hybridized carbons (Fsp3) is 0.500. The van der Waals surface area contributed by atoms with Crippen molar-refractivity contribution in [1.29, 1.82) is 0 Å². The quantitative estimate of drug-likeness (QED) is 0.789. The van der Waals surface area contributed by atoms with Crippen LogP contribution in [-0.2, 0) is 0 Å². The number of pyridine rings is 1. The van der Waals surface area contributed by atoms with E-state index in [1.807, 2.05) is 21.0 Å². The number of hydrogen-bond donors (Lipinski definition) is 1. The number of nitrogens with zero attached hydrogens (tertiary/aromatic N) is 3. The van der Waals surface area contributed by atoms with E-state index in [0.717, 1.165) is 19.5 Å². The summed E-state index contributed by atoms with van der Waals surface area (Å²) in [5.74, 6) is 5.25. The Morgan fingerprint density at radius 3 is 2.62 bits per heavy atom. The molecule has 1 aromatic rings. The minimum atomic E-state index is -0.184. The molecular formula is C16H23N3O2. The van der Waals surface area contributed by atoms with E-state index in [9.17, 15) is 4.79 Å². The molecule has 1 aromatic heterocycles. The normalized spacial score (nSPS) is 10.1. The molecule has 1 N–H and O–H groups in total. The molecule has 0 bridgehead atoms. The van der Waals surface area contributed by atoms with Crippen LogP contribution >= 0.6 is 0 Å². The van der Waals surface area contributed by atoms with Crippen molar-refractivity contribution in [2.75, 3.05) is 40.3 Å². The van der Waals surface area contributed by atoms with Crippen molar-refractivity contribution in [1.82, 2.24) is 14.8 Å². The molecule has 0 aliphatic carbocycles. The molecule has 5 heteroatoms. The van der Waals surface area contributed by atoms with Gasteiger partial charge in [0.05, 0.1) is 0 Å². The minimum absolute atomic E-state index is 0.0575. The van der Waals surface area contributed by atoms with Crippen LogP contribution in [0.2, 0.25) is 0 Å². The number of aliphatic hydroxyl groups excluding tert-OH is 1. The highest BCUT2D eigenvalue weighted by atomic mass is 16.2. The fourth-order valence-corrected chi connectivity index (χ4v) is 1.88. The Morgan fingerprint density at radius 1 is 1.33 bits per heavy atom. The van der Waals surface area contributed by atoms with Crippen LogP contribution < -0.4 is 0 Å². The predicted octanol–water partition coefficient (Wildman–Crippen LogP) is 0.839. The molecule has 0 aromatic carbocycles. The Bertz CT molecular complexity index is 500. The molecule has 0 radical (unpaired) electrons. The summed E-state index contributed by atoms with van der Waals surface area (Å²) in [6.45, 7) is 4.12. The van der Waals surface area contributed by atoms with Gasteiger partial charge in [-0.2, -0.15) is 0 Å². The molecule has 0 fully saturated rings. The third kappa shape index (κ3) is 5.94. The summed E-state index contributed by atoms with van der Waals surface area (Å²) < 4.78 is 0. The average Bonchev–Trinajstić information content (AvgIpc) is 2.49. The molecule has 1 amide bonds. The zero-order chi connectivity index (χ0) is 15.7. The third-order valence-corrected chi connectivity index (χ3v) is 3.00. The summed E-state index contributed by atoms with van der Waals surface area (Å²) in [6, 6.07) is 3.43. The highest BCUT2D eigenvalue weighted by molar-refractivity contribution is 5.92. The van der Waals surface area contributed by atoms with E-state index in [1.165, 1.54) is 0 Å². The van der Waals surface area contributed by atoms with Crippen molar-refractivity contribution >= 4 is 5.91 Å². The van der Waals surface area contributed by atoms with Gasteiger partial charge in [0.15, 0.2) is 0 Å². The monoisotopic (exact) mass is 289 g/mol. The summed E-state index contributed by atoms with van der Waals surface area (Å²) in [7, 11) is 4.04. The fourth-order valence-electron chi connectivity index (χ4n) is 1.88. The largest absolute Gasteiger partial charge is 0.384 e. The summed E-state index contributed by atoms with van der Waals surface area (Å²) >= 11 is 0. The summed E-state index contributed by atoms with van der Waals surface area (Å²) in [5, 5.41) is 8.64. The van der Waals surface area contributed by atoms with Crippen LogP contribution in [0, 0.1) is 11.8 Å². The molecular weight excluding hydrogens is 266 g/mol. The number of rotatable bonds is 6. The lowest BCUT2D eigenvalue weighted by atomic mass is 10.2. The first-order valence-corrected chi connectivity index (χ1v) is 7.08. The number of aliphatic hydroxyl groups is 1. The first kappa shape index (κ1) is 17.2. The zero-order valence-electron chi connectivity index (χ0n) is 13.0. The number of carbonyl (C=O) groups excluding carboxylic acids is 1. The van der Waals surface area contributed by atoms with Gasteiger partial charge in [0.25, 0.3) is 5.91 Å². The highest BCUT2D eigenvalue weighted by Crippen LogP contribution is 2.05. The van der Waals surface area contributed by atoms with Crippen molar-refractivity contribution in [3.63, 3.8) is 0 Å². The number of hydrogen-bond acceptors (Lipinski definition) is 4. The van der Waals surface area contributed by atoms with Crippen LogP contribution in [0.1, 0.15) is 29.4 Å². The van der Waals surface area contributed by atoms with E-state index in [-0.39, 0.29) is 12.5 Å². The molecule has 114 valence electrons. The second-order valence-electron chi connectivity index (χ2n) is 4.93. The van der Waals surface area contributed by atoms with Crippen molar-refractivity contribution in [3.8, 4) is 11.8 Å². The minimum Gasteiger partial charge on any atom is -0.384 e. The van der Waals surface area contributed by atoms with Crippen LogP contribution in [0.25, 0.3) is 0 Å². The maximum absolute atomic E-state index is 12.4. The SMILES string of the molecule is CCN(CCCN(C)C)C(=O)c1ccc(C#CCO)cn1. The molecule has 0 saturated heterocycles. The second-order valence-corrected chi connectivity index (χ2v) is 4.93. The number of amides is 1. The Balaban J connectivity index is 2.67. The molecule has 1 rings (SSSR count). The first-order valence-electron chi connectivity index (χ1n) is 7.08. The van der Waals surface area contributed by atoms with Gasteiger partial charge in [-0.1, -0.05) is 11.8 Å². The Morgan fingerprint density at radius 2 is 2.10 bits per heavy atom. The van der Waals surface area contributed by atoms with Gasteiger partial charge in [0.2, 0.25) is 0 Å². The number of aromatic nitrogens is 1. The molecule has 0 atom stereocenters. The van der Waals surface area contributed by atoms with Crippen molar-refractivity contribution in [3.05, 3.63) is 29.6 Å². The van der Waals surface area contributed by atoms with Gasteiger partial charge in [-0.25, -0.2) is 4.98 Å². The molecule has 0 spiro atoms. The Hall–Kier alpha value is -1.90. The zero-order valence-corrected chi connectivity index (χ0v) is 13.0. The lowest BCUT2D eigenvalue weighted by Crippen LogP contribution is -2.33. The molecule has 0 aliphatic rings. The van der Waals surface area contributed by atoms with E-state index < -0.39 is 0 Å². The van der Waals surface area contributed by atoms with Gasteiger partial charge in [-0.05, 0) is 46.1 Å². The number of carbonyl (C=O) groups is 1. The summed E-state index contributed by atoms with van der Waals surface area (Å²) in [6.07, 6.45) is 2.50. The van der Waals surface area contributed by atoms with Crippen molar-refractivity contribution in [2.24, 2.45) is 0 Å². The van der Waals surface area contributed by atoms with Gasteiger partial charge in [-0.3, -0.25) is 4.79 Å². The van der Waals surface area contributed by atoms with Gasteiger partial charge in [0, 0.05) is 24.8 Å². The smallest absolute Gasteiger partial charge is 0.272 e. The van der Waals surface area contributed by atoms with Crippen LogP contribution in [0.3, 0.4) is 0 Å². The van der Waals surface area contributed by atoms with Gasteiger partial charge < -0.3 is 14.9 Å². The summed E-state index contributed by atoms with van der Waals surface area (Å²) in [4.78, 5) is 20.4. The van der Waals surface area contributed by atoms with Crippen molar-refractivity contribution in [2.45, 2.75) is 13.3 Å². The Labute approximate surface area is 126 Å².